The molecule has 4 nitrogen and oxygen atoms in total. The molecule has 2 rings (SSSR count). The van der Waals surface area contributed by atoms with Crippen molar-refractivity contribution in [1.82, 2.24) is 4.72 Å². The molecule has 1 N–H and O–H groups in total. The van der Waals surface area contributed by atoms with Crippen LogP contribution >= 0.6 is 0 Å². The highest BCUT2D eigenvalue weighted by Crippen LogP contribution is 2.29. The molecule has 1 aliphatic carbocycles. The van der Waals surface area contributed by atoms with Crippen LogP contribution in [0.25, 0.3) is 0 Å². The third-order valence-electron chi connectivity index (χ3n) is 3.81. The van der Waals surface area contributed by atoms with E-state index in [1.165, 1.54) is 0 Å². The lowest BCUT2D eigenvalue weighted by atomic mass is 9.80. The van der Waals surface area contributed by atoms with Crippen LogP contribution in [0.15, 0.2) is 29.2 Å². The van der Waals surface area contributed by atoms with Crippen LogP contribution in [0.2, 0.25) is 0 Å². The average Bonchev–Trinajstić information content (AvgIpc) is 2.39. The molecule has 1 aliphatic rings. The molecular weight excluding hydrogens is 281 g/mol. The van der Waals surface area contributed by atoms with Gasteiger partial charge in [-0.15, -0.1) is 0 Å². The van der Waals surface area contributed by atoms with E-state index in [9.17, 15) is 17.6 Å². The van der Waals surface area contributed by atoms with Gasteiger partial charge in [0, 0.05) is 5.92 Å². The maximum Gasteiger partial charge on any atom is 0.264 e. The van der Waals surface area contributed by atoms with Crippen LogP contribution in [-0.4, -0.2) is 14.3 Å². The van der Waals surface area contributed by atoms with E-state index in [0.29, 0.717) is 6.42 Å². The van der Waals surface area contributed by atoms with E-state index >= 15 is 0 Å². The van der Waals surface area contributed by atoms with E-state index in [-0.39, 0.29) is 16.7 Å². The van der Waals surface area contributed by atoms with E-state index in [2.05, 4.69) is 4.72 Å². The number of halogens is 1. The molecule has 0 spiro atoms. The highest BCUT2D eigenvalue weighted by Gasteiger charge is 2.30. The first-order valence-electron chi connectivity index (χ1n) is 6.72. The summed E-state index contributed by atoms with van der Waals surface area (Å²) in [5, 5.41) is 0. The molecule has 1 amide bonds. The van der Waals surface area contributed by atoms with Gasteiger partial charge in [-0.1, -0.05) is 19.8 Å². The zero-order valence-electron chi connectivity index (χ0n) is 11.3. The lowest BCUT2D eigenvalue weighted by Gasteiger charge is -2.27. The standard InChI is InChI=1S/C14H18FNO3S/c1-10-4-2-3-5-13(10)14(17)16-20(18,19)12-8-6-11(15)7-9-12/h6-10,13H,2-5H2,1H3,(H,16,17). The molecule has 2 unspecified atom stereocenters. The van der Waals surface area contributed by atoms with Gasteiger partial charge in [-0.05, 0) is 43.0 Å². The Labute approximate surface area is 118 Å². The maximum atomic E-state index is 12.8. The molecule has 20 heavy (non-hydrogen) atoms. The summed E-state index contributed by atoms with van der Waals surface area (Å²) in [6.45, 7) is 1.97. The molecule has 1 fully saturated rings. The largest absolute Gasteiger partial charge is 0.274 e. The minimum Gasteiger partial charge on any atom is -0.274 e. The fourth-order valence-electron chi connectivity index (χ4n) is 2.59. The Bertz CT molecular complexity index is 583. The fraction of sp³-hybridized carbons (Fsp3) is 0.500. The summed E-state index contributed by atoms with van der Waals surface area (Å²) in [5.41, 5.74) is 0. The zero-order chi connectivity index (χ0) is 14.8. The second-order valence-electron chi connectivity index (χ2n) is 5.29. The van der Waals surface area contributed by atoms with Crippen molar-refractivity contribution in [2.45, 2.75) is 37.5 Å². The normalized spacial score (nSPS) is 23.3. The first-order valence-corrected chi connectivity index (χ1v) is 8.21. The Kier molecular flexibility index (Phi) is 4.42. The van der Waals surface area contributed by atoms with Gasteiger partial charge in [0.15, 0.2) is 0 Å². The number of benzene rings is 1. The number of hydrogen-bond donors (Lipinski definition) is 1. The van der Waals surface area contributed by atoms with Gasteiger partial charge in [-0.3, -0.25) is 4.79 Å². The lowest BCUT2D eigenvalue weighted by molar-refractivity contribution is -0.125. The van der Waals surface area contributed by atoms with Crippen LogP contribution in [0, 0.1) is 17.7 Å². The summed E-state index contributed by atoms with van der Waals surface area (Å²) in [6.07, 6.45) is 3.68. The second-order valence-corrected chi connectivity index (χ2v) is 6.97. The zero-order valence-corrected chi connectivity index (χ0v) is 12.1. The summed E-state index contributed by atoms with van der Waals surface area (Å²) < 4.78 is 39.0. The summed E-state index contributed by atoms with van der Waals surface area (Å²) in [7, 11) is -3.92. The van der Waals surface area contributed by atoms with E-state index in [4.69, 9.17) is 0 Å². The van der Waals surface area contributed by atoms with E-state index in [1.807, 2.05) is 6.92 Å². The number of hydrogen-bond acceptors (Lipinski definition) is 3. The summed E-state index contributed by atoms with van der Waals surface area (Å²) in [6, 6.07) is 4.41. The molecule has 1 aromatic rings. The molecular formula is C14H18FNO3S. The van der Waals surface area contributed by atoms with Gasteiger partial charge in [0.25, 0.3) is 10.0 Å². The van der Waals surface area contributed by atoms with Crippen molar-refractivity contribution in [1.29, 1.82) is 0 Å². The van der Waals surface area contributed by atoms with Gasteiger partial charge in [0.2, 0.25) is 5.91 Å². The van der Waals surface area contributed by atoms with Crippen molar-refractivity contribution in [2.75, 3.05) is 0 Å². The molecule has 0 aromatic heterocycles. The number of sulfonamides is 1. The first-order chi connectivity index (χ1) is 9.40. The van der Waals surface area contributed by atoms with Gasteiger partial charge in [-0.2, -0.15) is 0 Å². The van der Waals surface area contributed by atoms with E-state index in [1.54, 1.807) is 0 Å². The van der Waals surface area contributed by atoms with Crippen molar-refractivity contribution in [3.05, 3.63) is 30.1 Å². The van der Waals surface area contributed by atoms with Crippen molar-refractivity contribution in [3.8, 4) is 0 Å². The topological polar surface area (TPSA) is 63.2 Å². The summed E-state index contributed by atoms with van der Waals surface area (Å²) in [4.78, 5) is 12.0. The van der Waals surface area contributed by atoms with Gasteiger partial charge < -0.3 is 0 Å². The maximum absolute atomic E-state index is 12.8. The smallest absolute Gasteiger partial charge is 0.264 e. The van der Waals surface area contributed by atoms with Gasteiger partial charge in [-0.25, -0.2) is 17.5 Å². The SMILES string of the molecule is CC1CCCCC1C(=O)NS(=O)(=O)c1ccc(F)cc1. The summed E-state index contributed by atoms with van der Waals surface area (Å²) >= 11 is 0. The van der Waals surface area contributed by atoms with Gasteiger partial charge >= 0.3 is 0 Å². The molecule has 0 saturated heterocycles. The van der Waals surface area contributed by atoms with Crippen LogP contribution in [0.3, 0.4) is 0 Å². The van der Waals surface area contributed by atoms with Crippen molar-refractivity contribution in [2.24, 2.45) is 11.8 Å². The summed E-state index contributed by atoms with van der Waals surface area (Å²) in [5.74, 6) is -1.05. The highest BCUT2D eigenvalue weighted by atomic mass is 32.2. The van der Waals surface area contributed by atoms with Gasteiger partial charge in [0.1, 0.15) is 5.82 Å². The Hall–Kier alpha value is -1.43. The molecule has 6 heteroatoms. The molecule has 1 saturated carbocycles. The molecule has 2 atom stereocenters. The molecule has 0 heterocycles. The molecule has 0 bridgehead atoms. The molecule has 1 aromatic carbocycles. The molecule has 0 aliphatic heterocycles. The van der Waals surface area contributed by atoms with Crippen LogP contribution < -0.4 is 4.72 Å². The van der Waals surface area contributed by atoms with E-state index < -0.39 is 21.7 Å². The van der Waals surface area contributed by atoms with Gasteiger partial charge in [0.05, 0.1) is 4.90 Å². The average molecular weight is 299 g/mol. The highest BCUT2D eigenvalue weighted by molar-refractivity contribution is 7.90. The minimum absolute atomic E-state index is 0.101. The first kappa shape index (κ1) is 15.0. The third-order valence-corrected chi connectivity index (χ3v) is 5.17. The predicted octanol–water partition coefficient (Wildman–Crippen LogP) is 2.46. The minimum atomic E-state index is -3.92. The lowest BCUT2D eigenvalue weighted by Crippen LogP contribution is -2.39. The van der Waals surface area contributed by atoms with Crippen LogP contribution in [0.1, 0.15) is 32.6 Å². The number of amides is 1. The molecule has 0 radical (unpaired) electrons. The van der Waals surface area contributed by atoms with E-state index in [0.717, 1.165) is 43.5 Å². The Morgan fingerprint density at radius 1 is 1.20 bits per heavy atom. The Morgan fingerprint density at radius 2 is 1.80 bits per heavy atom. The predicted molar refractivity (Wildman–Crippen MR) is 72.9 cm³/mol. The van der Waals surface area contributed by atoms with Crippen molar-refractivity contribution in [3.63, 3.8) is 0 Å². The fourth-order valence-corrected chi connectivity index (χ4v) is 3.62. The van der Waals surface area contributed by atoms with Crippen molar-refractivity contribution < 1.29 is 17.6 Å². The third kappa shape index (κ3) is 3.36. The Balaban J connectivity index is 2.11. The Morgan fingerprint density at radius 3 is 2.40 bits per heavy atom. The number of carbonyl (C=O) groups is 1. The van der Waals surface area contributed by atoms with Crippen LogP contribution in [0.4, 0.5) is 4.39 Å². The number of nitrogens with one attached hydrogen (secondary N) is 1. The quantitative estimate of drug-likeness (QED) is 0.932. The van der Waals surface area contributed by atoms with Crippen LogP contribution in [0.5, 0.6) is 0 Å². The number of carbonyl (C=O) groups excluding carboxylic acids is 1. The van der Waals surface area contributed by atoms with Crippen molar-refractivity contribution >= 4 is 15.9 Å². The van der Waals surface area contributed by atoms with Crippen LogP contribution in [-0.2, 0) is 14.8 Å². The molecule has 110 valence electrons. The monoisotopic (exact) mass is 299 g/mol. The second kappa shape index (κ2) is 5.91. The number of rotatable bonds is 3.